The molecule has 0 amide bonds. The molecular formula is C18H26N6O2. The summed E-state index contributed by atoms with van der Waals surface area (Å²) in [5, 5.41) is 7.38. The number of nitrogens with one attached hydrogen (secondary N) is 1. The summed E-state index contributed by atoms with van der Waals surface area (Å²) in [6, 6.07) is 0.643. The van der Waals surface area contributed by atoms with E-state index in [0.29, 0.717) is 18.4 Å². The summed E-state index contributed by atoms with van der Waals surface area (Å²) in [5.74, 6) is 2.27. The highest BCUT2D eigenvalue weighted by Crippen LogP contribution is 2.23. The summed E-state index contributed by atoms with van der Waals surface area (Å²) < 4.78 is 10.5. The Morgan fingerprint density at radius 3 is 2.85 bits per heavy atom. The molecule has 0 bridgehead atoms. The normalized spacial score (nSPS) is 19.1. The summed E-state index contributed by atoms with van der Waals surface area (Å²) in [5.41, 5.74) is 2.43. The smallest absolute Gasteiger partial charge is 0.223 e. The lowest BCUT2D eigenvalue weighted by atomic mass is 10.1. The molecule has 1 N–H and O–H groups in total. The fraction of sp³-hybridized carbons (Fsp3) is 0.667. The predicted octanol–water partition coefficient (Wildman–Crippen LogP) is 1.40. The molecule has 0 unspecified atom stereocenters. The minimum Gasteiger partial charge on any atom is -0.381 e. The standard InChI is InChI=1S/C18H26N6O2/c1-13-22-17(23-26-13)2-7-19-18-15-3-8-24(14-5-10-25-11-6-14)9-4-16(15)20-12-21-18/h12,14H,2-11H2,1H3,(H,19,20,21). The molecule has 26 heavy (non-hydrogen) atoms. The van der Waals surface area contributed by atoms with Gasteiger partial charge in [-0.2, -0.15) is 4.98 Å². The summed E-state index contributed by atoms with van der Waals surface area (Å²) in [6.07, 6.45) is 6.62. The molecule has 8 nitrogen and oxygen atoms in total. The van der Waals surface area contributed by atoms with Crippen LogP contribution in [0.2, 0.25) is 0 Å². The number of ether oxygens (including phenoxy) is 1. The van der Waals surface area contributed by atoms with Gasteiger partial charge in [0.25, 0.3) is 0 Å². The first-order valence-corrected chi connectivity index (χ1v) is 9.47. The van der Waals surface area contributed by atoms with E-state index < -0.39 is 0 Å². The van der Waals surface area contributed by atoms with E-state index in [0.717, 1.165) is 70.2 Å². The maximum absolute atomic E-state index is 5.51. The van der Waals surface area contributed by atoms with E-state index in [1.807, 2.05) is 0 Å². The Morgan fingerprint density at radius 1 is 1.19 bits per heavy atom. The molecule has 140 valence electrons. The molecule has 0 aliphatic carbocycles. The molecule has 2 aromatic rings. The van der Waals surface area contributed by atoms with Crippen molar-refractivity contribution in [1.29, 1.82) is 0 Å². The Balaban J connectivity index is 1.38. The van der Waals surface area contributed by atoms with Gasteiger partial charge in [0.1, 0.15) is 12.1 Å². The average molecular weight is 358 g/mol. The van der Waals surface area contributed by atoms with E-state index in [2.05, 4.69) is 30.3 Å². The summed E-state index contributed by atoms with van der Waals surface area (Å²) in [7, 11) is 0. The number of anilines is 1. The van der Waals surface area contributed by atoms with Gasteiger partial charge in [0, 0.05) is 64.2 Å². The topological polar surface area (TPSA) is 89.2 Å². The van der Waals surface area contributed by atoms with Gasteiger partial charge in [0.15, 0.2) is 5.82 Å². The number of hydrogen-bond acceptors (Lipinski definition) is 8. The Labute approximate surface area is 153 Å². The third kappa shape index (κ3) is 4.02. The molecule has 2 aliphatic heterocycles. The van der Waals surface area contributed by atoms with Gasteiger partial charge < -0.3 is 14.6 Å². The Morgan fingerprint density at radius 2 is 2.04 bits per heavy atom. The second-order valence-electron chi connectivity index (χ2n) is 6.93. The van der Waals surface area contributed by atoms with Crippen molar-refractivity contribution in [2.75, 3.05) is 38.2 Å². The third-order valence-electron chi connectivity index (χ3n) is 5.24. The van der Waals surface area contributed by atoms with Crippen LogP contribution in [-0.4, -0.2) is 63.9 Å². The molecule has 1 saturated heterocycles. The molecule has 1 fully saturated rings. The zero-order chi connectivity index (χ0) is 17.8. The average Bonchev–Trinajstić information content (AvgIpc) is 2.96. The van der Waals surface area contributed by atoms with Crippen molar-refractivity contribution >= 4 is 5.82 Å². The summed E-state index contributed by atoms with van der Waals surface area (Å²) in [6.45, 7) is 6.43. The monoisotopic (exact) mass is 358 g/mol. The highest BCUT2D eigenvalue weighted by Gasteiger charge is 2.25. The second-order valence-corrected chi connectivity index (χ2v) is 6.93. The molecular weight excluding hydrogens is 332 g/mol. The van der Waals surface area contributed by atoms with Gasteiger partial charge in [-0.3, -0.25) is 4.90 Å². The second kappa shape index (κ2) is 8.09. The van der Waals surface area contributed by atoms with Crippen LogP contribution in [0.3, 0.4) is 0 Å². The van der Waals surface area contributed by atoms with E-state index >= 15 is 0 Å². The predicted molar refractivity (Wildman–Crippen MR) is 96.1 cm³/mol. The minimum atomic E-state index is 0.601. The summed E-state index contributed by atoms with van der Waals surface area (Å²) in [4.78, 5) is 15.9. The number of aromatic nitrogens is 4. The third-order valence-corrected chi connectivity index (χ3v) is 5.24. The number of nitrogens with zero attached hydrogens (tertiary/aromatic N) is 5. The van der Waals surface area contributed by atoms with Crippen molar-refractivity contribution in [2.24, 2.45) is 0 Å². The van der Waals surface area contributed by atoms with E-state index in [1.165, 1.54) is 11.3 Å². The van der Waals surface area contributed by atoms with E-state index in [1.54, 1.807) is 13.3 Å². The molecule has 0 aromatic carbocycles. The van der Waals surface area contributed by atoms with Crippen LogP contribution < -0.4 is 5.32 Å². The molecule has 0 atom stereocenters. The molecule has 0 radical (unpaired) electrons. The number of aryl methyl sites for hydroxylation is 1. The molecule has 0 saturated carbocycles. The molecule has 4 rings (SSSR count). The summed E-state index contributed by atoms with van der Waals surface area (Å²) >= 11 is 0. The lowest BCUT2D eigenvalue weighted by Crippen LogP contribution is -2.40. The first-order valence-electron chi connectivity index (χ1n) is 9.47. The molecule has 8 heteroatoms. The van der Waals surface area contributed by atoms with Crippen LogP contribution in [0.5, 0.6) is 0 Å². The van der Waals surface area contributed by atoms with Crippen molar-refractivity contribution in [3.63, 3.8) is 0 Å². The number of fused-ring (bicyclic) bond motifs is 1. The van der Waals surface area contributed by atoms with Crippen molar-refractivity contribution in [3.8, 4) is 0 Å². The SMILES string of the molecule is Cc1nc(CCNc2ncnc3c2CCN(C2CCOCC2)CC3)no1. The van der Waals surface area contributed by atoms with Crippen LogP contribution in [0, 0.1) is 6.92 Å². The Kier molecular flexibility index (Phi) is 5.40. The quantitative estimate of drug-likeness (QED) is 0.858. The largest absolute Gasteiger partial charge is 0.381 e. The number of hydrogen-bond donors (Lipinski definition) is 1. The van der Waals surface area contributed by atoms with Crippen LogP contribution in [0.25, 0.3) is 0 Å². The molecule has 2 aromatic heterocycles. The Bertz CT molecular complexity index is 728. The first-order chi connectivity index (χ1) is 12.8. The van der Waals surface area contributed by atoms with E-state index in [4.69, 9.17) is 9.26 Å². The van der Waals surface area contributed by atoms with Crippen LogP contribution >= 0.6 is 0 Å². The fourth-order valence-corrected chi connectivity index (χ4v) is 3.85. The van der Waals surface area contributed by atoms with Gasteiger partial charge in [-0.05, 0) is 19.3 Å². The highest BCUT2D eigenvalue weighted by molar-refractivity contribution is 5.46. The fourth-order valence-electron chi connectivity index (χ4n) is 3.85. The van der Waals surface area contributed by atoms with Gasteiger partial charge >= 0.3 is 0 Å². The van der Waals surface area contributed by atoms with Crippen molar-refractivity contribution in [2.45, 2.75) is 45.1 Å². The maximum atomic E-state index is 5.51. The van der Waals surface area contributed by atoms with Crippen molar-refractivity contribution < 1.29 is 9.26 Å². The zero-order valence-corrected chi connectivity index (χ0v) is 15.3. The van der Waals surface area contributed by atoms with Gasteiger partial charge in [0.2, 0.25) is 5.89 Å². The lowest BCUT2D eigenvalue weighted by Gasteiger charge is -2.33. The Hall–Kier alpha value is -2.06. The zero-order valence-electron chi connectivity index (χ0n) is 15.3. The lowest BCUT2D eigenvalue weighted by molar-refractivity contribution is 0.0355. The highest BCUT2D eigenvalue weighted by atomic mass is 16.5. The van der Waals surface area contributed by atoms with Gasteiger partial charge in [-0.15, -0.1) is 0 Å². The maximum Gasteiger partial charge on any atom is 0.223 e. The first kappa shape index (κ1) is 17.4. The van der Waals surface area contributed by atoms with Crippen LogP contribution in [0.4, 0.5) is 5.82 Å². The van der Waals surface area contributed by atoms with Gasteiger partial charge in [0.05, 0.1) is 5.69 Å². The van der Waals surface area contributed by atoms with E-state index in [9.17, 15) is 0 Å². The van der Waals surface area contributed by atoms with Crippen molar-refractivity contribution in [1.82, 2.24) is 25.0 Å². The van der Waals surface area contributed by atoms with Crippen molar-refractivity contribution in [3.05, 3.63) is 29.3 Å². The molecule has 0 spiro atoms. The number of rotatable bonds is 5. The van der Waals surface area contributed by atoms with Crippen LogP contribution in [-0.2, 0) is 24.0 Å². The van der Waals surface area contributed by atoms with E-state index in [-0.39, 0.29) is 0 Å². The van der Waals surface area contributed by atoms with Gasteiger partial charge in [-0.1, -0.05) is 5.16 Å². The van der Waals surface area contributed by atoms with Gasteiger partial charge in [-0.25, -0.2) is 9.97 Å². The van der Waals surface area contributed by atoms with Crippen LogP contribution in [0.1, 0.15) is 35.8 Å². The minimum absolute atomic E-state index is 0.601. The van der Waals surface area contributed by atoms with Crippen LogP contribution in [0.15, 0.2) is 10.9 Å². The molecule has 2 aliphatic rings. The molecule has 4 heterocycles.